The third-order valence-electron chi connectivity index (χ3n) is 2.63. The zero-order valence-corrected chi connectivity index (χ0v) is 11.0. The summed E-state index contributed by atoms with van der Waals surface area (Å²) in [4.78, 5) is 15.7. The minimum atomic E-state index is -0.471. The van der Waals surface area contributed by atoms with Gasteiger partial charge in [0.2, 0.25) is 0 Å². The quantitative estimate of drug-likeness (QED) is 0.843. The van der Waals surface area contributed by atoms with Crippen LogP contribution in [0.15, 0.2) is 24.4 Å². The molecule has 6 nitrogen and oxygen atoms in total. The summed E-state index contributed by atoms with van der Waals surface area (Å²) in [6, 6.07) is 5.05. The molecule has 2 heterocycles. The molecule has 0 amide bonds. The molecule has 0 atom stereocenters. The molecule has 2 N–H and O–H groups in total. The van der Waals surface area contributed by atoms with Crippen LogP contribution >= 0.6 is 0 Å². The normalized spacial score (nSPS) is 10.4. The van der Waals surface area contributed by atoms with E-state index in [4.69, 9.17) is 10.5 Å². The minimum absolute atomic E-state index is 0.180. The maximum atomic E-state index is 11.8. The van der Waals surface area contributed by atoms with Crippen molar-refractivity contribution in [3.05, 3.63) is 41.5 Å². The van der Waals surface area contributed by atoms with Crippen LogP contribution < -0.4 is 5.73 Å². The van der Waals surface area contributed by atoms with Gasteiger partial charge in [-0.3, -0.25) is 4.68 Å². The van der Waals surface area contributed by atoms with Crippen molar-refractivity contribution < 1.29 is 9.53 Å². The van der Waals surface area contributed by atoms with E-state index in [-0.39, 0.29) is 12.3 Å². The fourth-order valence-electron chi connectivity index (χ4n) is 1.73. The Bertz CT molecular complexity index is 575. The van der Waals surface area contributed by atoms with Crippen LogP contribution in [-0.2, 0) is 17.9 Å². The minimum Gasteiger partial charge on any atom is -0.454 e. The highest BCUT2D eigenvalue weighted by Crippen LogP contribution is 2.08. The number of ether oxygens (including phenoxy) is 1. The Morgan fingerprint density at radius 3 is 2.89 bits per heavy atom. The molecule has 2 aromatic rings. The molecule has 19 heavy (non-hydrogen) atoms. The molecule has 0 aliphatic carbocycles. The van der Waals surface area contributed by atoms with Crippen molar-refractivity contribution in [3.63, 3.8) is 0 Å². The first-order valence-corrected chi connectivity index (χ1v) is 6.02. The number of hydrogen-bond acceptors (Lipinski definition) is 5. The first-order valence-electron chi connectivity index (χ1n) is 6.02. The number of rotatable bonds is 4. The van der Waals surface area contributed by atoms with E-state index in [2.05, 4.69) is 10.1 Å². The topological polar surface area (TPSA) is 83.0 Å². The van der Waals surface area contributed by atoms with Gasteiger partial charge in [0.25, 0.3) is 0 Å². The molecule has 2 rings (SSSR count). The van der Waals surface area contributed by atoms with Crippen molar-refractivity contribution in [3.8, 4) is 0 Å². The number of carbonyl (C=O) groups excluding carboxylic acids is 1. The van der Waals surface area contributed by atoms with Crippen LogP contribution in [0.4, 0.5) is 5.69 Å². The predicted octanol–water partition coefficient (Wildman–Crippen LogP) is 1.55. The first-order chi connectivity index (χ1) is 9.10. The van der Waals surface area contributed by atoms with E-state index in [0.717, 1.165) is 17.9 Å². The van der Waals surface area contributed by atoms with E-state index in [0.29, 0.717) is 5.69 Å². The summed E-state index contributed by atoms with van der Waals surface area (Å²) >= 11 is 0. The average Bonchev–Trinajstić information content (AvgIpc) is 2.77. The summed E-state index contributed by atoms with van der Waals surface area (Å²) in [5.74, 6) is -0.471. The molecule has 0 saturated carbocycles. The number of aromatic nitrogens is 3. The zero-order chi connectivity index (χ0) is 13.8. The predicted molar refractivity (Wildman–Crippen MR) is 70.4 cm³/mol. The molecule has 0 aliphatic rings. The van der Waals surface area contributed by atoms with Gasteiger partial charge in [-0.05, 0) is 32.0 Å². The summed E-state index contributed by atoms with van der Waals surface area (Å²) in [5.41, 5.74) is 8.03. The summed E-state index contributed by atoms with van der Waals surface area (Å²) < 4.78 is 7.01. The van der Waals surface area contributed by atoms with Gasteiger partial charge in [0.1, 0.15) is 12.3 Å². The number of aryl methyl sites for hydroxylation is 2. The molecule has 2 aromatic heterocycles. The lowest BCUT2D eigenvalue weighted by Gasteiger charge is -2.06. The van der Waals surface area contributed by atoms with Crippen molar-refractivity contribution in [1.29, 1.82) is 0 Å². The van der Waals surface area contributed by atoms with Gasteiger partial charge in [-0.25, -0.2) is 9.78 Å². The number of nitrogens with zero attached hydrogens (tertiary/aromatic N) is 3. The zero-order valence-electron chi connectivity index (χ0n) is 11.0. The van der Waals surface area contributed by atoms with Crippen molar-refractivity contribution in [1.82, 2.24) is 14.8 Å². The van der Waals surface area contributed by atoms with Gasteiger partial charge in [0.15, 0.2) is 0 Å². The van der Waals surface area contributed by atoms with Gasteiger partial charge >= 0.3 is 5.97 Å². The SMILES string of the molecule is CCn1nc(C)cc1COC(=O)c1ccc(N)cn1. The van der Waals surface area contributed by atoms with E-state index < -0.39 is 5.97 Å². The molecular weight excluding hydrogens is 244 g/mol. The van der Waals surface area contributed by atoms with Crippen LogP contribution in [0.25, 0.3) is 0 Å². The fraction of sp³-hybridized carbons (Fsp3) is 0.308. The Morgan fingerprint density at radius 2 is 2.26 bits per heavy atom. The number of anilines is 1. The van der Waals surface area contributed by atoms with Gasteiger partial charge in [0.05, 0.1) is 23.3 Å². The Kier molecular flexibility index (Phi) is 3.79. The monoisotopic (exact) mass is 260 g/mol. The van der Waals surface area contributed by atoms with Gasteiger partial charge in [-0.15, -0.1) is 0 Å². The average molecular weight is 260 g/mol. The Labute approximate surface area is 111 Å². The lowest BCUT2D eigenvalue weighted by atomic mass is 10.3. The van der Waals surface area contributed by atoms with E-state index >= 15 is 0 Å². The number of pyridine rings is 1. The van der Waals surface area contributed by atoms with Crippen LogP contribution in [-0.4, -0.2) is 20.7 Å². The first kappa shape index (κ1) is 13.1. The molecule has 0 radical (unpaired) electrons. The summed E-state index contributed by atoms with van der Waals surface area (Å²) in [7, 11) is 0. The standard InChI is InChI=1S/C13H16N4O2/c1-3-17-11(6-9(2)16-17)8-19-13(18)12-5-4-10(14)7-15-12/h4-7H,3,8,14H2,1-2H3. The Morgan fingerprint density at radius 1 is 1.47 bits per heavy atom. The van der Waals surface area contributed by atoms with Crippen LogP contribution in [0.1, 0.15) is 28.8 Å². The largest absolute Gasteiger partial charge is 0.454 e. The highest BCUT2D eigenvalue weighted by molar-refractivity contribution is 5.87. The number of carbonyl (C=O) groups is 1. The van der Waals surface area contributed by atoms with E-state index in [1.807, 2.05) is 19.9 Å². The Hall–Kier alpha value is -2.37. The second-order valence-electron chi connectivity index (χ2n) is 4.15. The molecule has 0 unspecified atom stereocenters. The number of nitrogens with two attached hydrogens (primary N) is 1. The van der Waals surface area contributed by atoms with Crippen LogP contribution in [0, 0.1) is 6.92 Å². The molecule has 0 aliphatic heterocycles. The fourth-order valence-corrected chi connectivity index (χ4v) is 1.73. The third-order valence-corrected chi connectivity index (χ3v) is 2.63. The van der Waals surface area contributed by atoms with E-state index in [1.54, 1.807) is 16.8 Å². The van der Waals surface area contributed by atoms with E-state index in [9.17, 15) is 4.79 Å². The third kappa shape index (κ3) is 3.09. The lowest BCUT2D eigenvalue weighted by Crippen LogP contribution is -2.10. The van der Waals surface area contributed by atoms with Gasteiger partial charge in [0, 0.05) is 6.54 Å². The summed E-state index contributed by atoms with van der Waals surface area (Å²) in [6.45, 7) is 4.80. The second-order valence-corrected chi connectivity index (χ2v) is 4.15. The second kappa shape index (κ2) is 5.51. The molecule has 6 heteroatoms. The van der Waals surface area contributed by atoms with Crippen molar-refractivity contribution >= 4 is 11.7 Å². The molecule has 0 aromatic carbocycles. The van der Waals surface area contributed by atoms with Crippen molar-refractivity contribution in [2.75, 3.05) is 5.73 Å². The van der Waals surface area contributed by atoms with Gasteiger partial charge in [-0.2, -0.15) is 5.10 Å². The number of esters is 1. The van der Waals surface area contributed by atoms with Gasteiger partial charge < -0.3 is 10.5 Å². The van der Waals surface area contributed by atoms with Crippen LogP contribution in [0.2, 0.25) is 0 Å². The molecule has 100 valence electrons. The Balaban J connectivity index is 2.02. The molecule has 0 bridgehead atoms. The summed E-state index contributed by atoms with van der Waals surface area (Å²) in [6.07, 6.45) is 1.43. The maximum absolute atomic E-state index is 11.8. The van der Waals surface area contributed by atoms with E-state index in [1.165, 1.54) is 6.20 Å². The number of nitrogen functional groups attached to an aromatic ring is 1. The van der Waals surface area contributed by atoms with Crippen molar-refractivity contribution in [2.24, 2.45) is 0 Å². The van der Waals surface area contributed by atoms with Gasteiger partial charge in [-0.1, -0.05) is 0 Å². The smallest absolute Gasteiger partial charge is 0.357 e. The molecule has 0 fully saturated rings. The molecular formula is C13H16N4O2. The highest BCUT2D eigenvalue weighted by atomic mass is 16.5. The van der Waals surface area contributed by atoms with Crippen LogP contribution in [0.3, 0.4) is 0 Å². The molecule has 0 saturated heterocycles. The lowest BCUT2D eigenvalue weighted by molar-refractivity contribution is 0.0455. The maximum Gasteiger partial charge on any atom is 0.357 e. The number of hydrogen-bond donors (Lipinski definition) is 1. The van der Waals surface area contributed by atoms with Crippen LogP contribution in [0.5, 0.6) is 0 Å². The summed E-state index contributed by atoms with van der Waals surface area (Å²) in [5, 5.41) is 4.28. The molecule has 0 spiro atoms. The highest BCUT2D eigenvalue weighted by Gasteiger charge is 2.11. The van der Waals surface area contributed by atoms with Crippen molar-refractivity contribution in [2.45, 2.75) is 27.0 Å².